The third kappa shape index (κ3) is 2.24. The zero-order valence-corrected chi connectivity index (χ0v) is 11.9. The summed E-state index contributed by atoms with van der Waals surface area (Å²) in [7, 11) is 0. The van der Waals surface area contributed by atoms with E-state index >= 15 is 0 Å². The quantitative estimate of drug-likeness (QED) is 0.908. The Bertz CT molecular complexity index is 613. The molecule has 1 aliphatic rings. The molecule has 3 N–H and O–H groups in total. The summed E-state index contributed by atoms with van der Waals surface area (Å²) in [6.45, 7) is 0.392. The van der Waals surface area contributed by atoms with Crippen molar-refractivity contribution in [2.75, 3.05) is 6.54 Å². The summed E-state index contributed by atoms with van der Waals surface area (Å²) in [5, 5.41) is 11.4. The number of fused-ring (bicyclic) bond motifs is 1. The second-order valence-electron chi connectivity index (χ2n) is 5.36. The molecule has 0 saturated heterocycles. The molecule has 3 atom stereocenters. The number of aliphatic hydroxyl groups is 1. The van der Waals surface area contributed by atoms with Gasteiger partial charge in [-0.2, -0.15) is 0 Å². The second kappa shape index (κ2) is 5.57. The Labute approximate surface area is 124 Å². The van der Waals surface area contributed by atoms with Crippen LogP contribution in [0.3, 0.4) is 0 Å². The van der Waals surface area contributed by atoms with Crippen molar-refractivity contribution in [2.24, 2.45) is 5.73 Å². The molecule has 2 aromatic rings. The molecular formula is C17H18ClNO. The Morgan fingerprint density at radius 3 is 2.55 bits per heavy atom. The second-order valence-corrected chi connectivity index (χ2v) is 5.77. The Morgan fingerprint density at radius 1 is 1.15 bits per heavy atom. The Hall–Kier alpha value is -1.35. The largest absolute Gasteiger partial charge is 0.392 e. The van der Waals surface area contributed by atoms with Crippen molar-refractivity contribution in [3.05, 3.63) is 70.2 Å². The molecule has 0 bridgehead atoms. The molecule has 3 unspecified atom stereocenters. The third-order valence-corrected chi connectivity index (χ3v) is 4.62. The Morgan fingerprint density at radius 2 is 1.85 bits per heavy atom. The fourth-order valence-electron chi connectivity index (χ4n) is 3.11. The van der Waals surface area contributed by atoms with E-state index in [0.717, 1.165) is 12.0 Å². The molecule has 1 aliphatic carbocycles. The van der Waals surface area contributed by atoms with E-state index < -0.39 is 6.10 Å². The molecule has 0 amide bonds. The van der Waals surface area contributed by atoms with Gasteiger partial charge >= 0.3 is 0 Å². The van der Waals surface area contributed by atoms with Gasteiger partial charge in [0, 0.05) is 23.4 Å². The summed E-state index contributed by atoms with van der Waals surface area (Å²) in [6, 6.07) is 15.9. The number of benzene rings is 2. The first-order valence-electron chi connectivity index (χ1n) is 6.92. The van der Waals surface area contributed by atoms with Crippen LogP contribution in [0.4, 0.5) is 0 Å². The zero-order chi connectivity index (χ0) is 14.1. The molecule has 0 saturated carbocycles. The van der Waals surface area contributed by atoms with E-state index in [1.165, 1.54) is 11.1 Å². The van der Waals surface area contributed by atoms with Crippen LogP contribution in [0, 0.1) is 0 Å². The number of hydrogen-bond acceptors (Lipinski definition) is 2. The smallest absolute Gasteiger partial charge is 0.0693 e. The van der Waals surface area contributed by atoms with Gasteiger partial charge in [0.2, 0.25) is 0 Å². The number of rotatable bonds is 4. The molecule has 2 nitrogen and oxygen atoms in total. The minimum absolute atomic E-state index is 0.123. The first-order valence-corrected chi connectivity index (χ1v) is 7.30. The van der Waals surface area contributed by atoms with Gasteiger partial charge < -0.3 is 10.8 Å². The maximum absolute atomic E-state index is 10.7. The molecular weight excluding hydrogens is 270 g/mol. The molecule has 0 spiro atoms. The summed E-state index contributed by atoms with van der Waals surface area (Å²) < 4.78 is 0. The number of hydrogen-bond donors (Lipinski definition) is 2. The molecule has 0 fully saturated rings. The highest BCUT2D eigenvalue weighted by Gasteiger charge is 2.36. The molecule has 0 aliphatic heterocycles. The number of halogens is 1. The zero-order valence-electron chi connectivity index (χ0n) is 11.2. The van der Waals surface area contributed by atoms with Crippen LogP contribution in [0.5, 0.6) is 0 Å². The summed E-state index contributed by atoms with van der Waals surface area (Å²) >= 11 is 6.24. The standard InChI is InChI=1S/C17H18ClNO/c18-16-8-4-3-7-13(16)15(10-19)17(20)14-9-11-5-1-2-6-12(11)14/h1-8,14-15,17,20H,9-10,19H2. The van der Waals surface area contributed by atoms with Crippen LogP contribution in [0.15, 0.2) is 48.5 Å². The number of aliphatic hydroxyl groups excluding tert-OH is 1. The van der Waals surface area contributed by atoms with Gasteiger partial charge in [0.1, 0.15) is 0 Å². The van der Waals surface area contributed by atoms with E-state index in [2.05, 4.69) is 12.1 Å². The highest BCUT2D eigenvalue weighted by Crippen LogP contribution is 2.42. The molecule has 20 heavy (non-hydrogen) atoms. The molecule has 3 heteroatoms. The predicted molar refractivity (Wildman–Crippen MR) is 82.1 cm³/mol. The van der Waals surface area contributed by atoms with Crippen molar-refractivity contribution in [2.45, 2.75) is 24.4 Å². The van der Waals surface area contributed by atoms with Crippen LogP contribution < -0.4 is 5.73 Å². The maximum Gasteiger partial charge on any atom is 0.0693 e. The first-order chi connectivity index (χ1) is 9.72. The van der Waals surface area contributed by atoms with E-state index in [4.69, 9.17) is 17.3 Å². The molecule has 3 rings (SSSR count). The fourth-order valence-corrected chi connectivity index (χ4v) is 3.38. The lowest BCUT2D eigenvalue weighted by Gasteiger charge is -2.37. The molecule has 104 valence electrons. The van der Waals surface area contributed by atoms with Crippen LogP contribution in [0.1, 0.15) is 28.5 Å². The Kier molecular flexibility index (Phi) is 3.79. The van der Waals surface area contributed by atoms with Gasteiger partial charge in [-0.25, -0.2) is 0 Å². The highest BCUT2D eigenvalue weighted by atomic mass is 35.5. The van der Waals surface area contributed by atoms with E-state index in [-0.39, 0.29) is 11.8 Å². The van der Waals surface area contributed by atoms with Gasteiger partial charge in [0.05, 0.1) is 6.10 Å². The lowest BCUT2D eigenvalue weighted by molar-refractivity contribution is 0.106. The summed E-state index contributed by atoms with van der Waals surface area (Å²) in [5.74, 6) is 0.0399. The van der Waals surface area contributed by atoms with E-state index in [1.807, 2.05) is 36.4 Å². The summed E-state index contributed by atoms with van der Waals surface area (Å²) in [5.41, 5.74) is 9.40. The van der Waals surface area contributed by atoms with Gasteiger partial charge in [-0.15, -0.1) is 0 Å². The van der Waals surface area contributed by atoms with Crippen molar-refractivity contribution < 1.29 is 5.11 Å². The van der Waals surface area contributed by atoms with Crippen LogP contribution >= 0.6 is 11.6 Å². The predicted octanol–water partition coefficient (Wildman–Crippen LogP) is 3.08. The van der Waals surface area contributed by atoms with Crippen LogP contribution in [0.2, 0.25) is 5.02 Å². The molecule has 0 heterocycles. The van der Waals surface area contributed by atoms with E-state index in [1.54, 1.807) is 0 Å². The fraction of sp³-hybridized carbons (Fsp3) is 0.294. The monoisotopic (exact) mass is 287 g/mol. The van der Waals surface area contributed by atoms with Crippen molar-refractivity contribution in [1.29, 1.82) is 0 Å². The van der Waals surface area contributed by atoms with Gasteiger partial charge in [-0.1, -0.05) is 54.1 Å². The normalized spacial score (nSPS) is 19.9. The summed E-state index contributed by atoms with van der Waals surface area (Å²) in [6.07, 6.45) is 0.424. The highest BCUT2D eigenvalue weighted by molar-refractivity contribution is 6.31. The van der Waals surface area contributed by atoms with Crippen molar-refractivity contribution in [3.8, 4) is 0 Å². The van der Waals surface area contributed by atoms with Gasteiger partial charge in [-0.05, 0) is 29.2 Å². The lowest BCUT2D eigenvalue weighted by Crippen LogP contribution is -2.36. The average Bonchev–Trinajstić information content (AvgIpc) is 2.43. The Balaban J connectivity index is 1.87. The van der Waals surface area contributed by atoms with Crippen molar-refractivity contribution in [1.82, 2.24) is 0 Å². The number of nitrogens with two attached hydrogens (primary N) is 1. The van der Waals surface area contributed by atoms with Gasteiger partial charge in [0.25, 0.3) is 0 Å². The average molecular weight is 288 g/mol. The van der Waals surface area contributed by atoms with Gasteiger partial charge in [0.15, 0.2) is 0 Å². The van der Waals surface area contributed by atoms with Crippen molar-refractivity contribution in [3.63, 3.8) is 0 Å². The topological polar surface area (TPSA) is 46.2 Å². The SMILES string of the molecule is NCC(c1ccccc1Cl)C(O)C1Cc2ccccc21. The third-order valence-electron chi connectivity index (χ3n) is 4.28. The summed E-state index contributed by atoms with van der Waals surface area (Å²) in [4.78, 5) is 0. The lowest BCUT2D eigenvalue weighted by atomic mass is 9.70. The van der Waals surface area contributed by atoms with Crippen LogP contribution in [-0.2, 0) is 6.42 Å². The van der Waals surface area contributed by atoms with E-state index in [9.17, 15) is 5.11 Å². The molecule has 0 aromatic heterocycles. The molecule has 2 aromatic carbocycles. The first kappa shape index (κ1) is 13.6. The van der Waals surface area contributed by atoms with Crippen LogP contribution in [-0.4, -0.2) is 17.8 Å². The molecule has 0 radical (unpaired) electrons. The van der Waals surface area contributed by atoms with Crippen molar-refractivity contribution >= 4 is 11.6 Å². The van der Waals surface area contributed by atoms with E-state index in [0.29, 0.717) is 11.6 Å². The maximum atomic E-state index is 10.7. The minimum atomic E-state index is -0.491. The van der Waals surface area contributed by atoms with Crippen LogP contribution in [0.25, 0.3) is 0 Å². The van der Waals surface area contributed by atoms with Gasteiger partial charge in [-0.3, -0.25) is 0 Å². The minimum Gasteiger partial charge on any atom is -0.392 e.